The number of aromatic nitrogens is 1. The van der Waals surface area contributed by atoms with Crippen molar-refractivity contribution in [3.63, 3.8) is 0 Å². The van der Waals surface area contributed by atoms with E-state index in [2.05, 4.69) is 4.98 Å². The Morgan fingerprint density at radius 2 is 2.25 bits per heavy atom. The number of hydrogen-bond acceptors (Lipinski definition) is 3. The molecule has 1 aromatic heterocycles. The highest BCUT2D eigenvalue weighted by Gasteiger charge is 2.41. The highest BCUT2D eigenvalue weighted by molar-refractivity contribution is 7.09. The first-order valence-corrected chi connectivity index (χ1v) is 8.19. The average Bonchev–Trinajstić information content (AvgIpc) is 2.86. The second-order valence-electron chi connectivity index (χ2n) is 5.15. The predicted octanol–water partition coefficient (Wildman–Crippen LogP) is 4.09. The monoisotopic (exact) mass is 326 g/mol. The Morgan fingerprint density at radius 3 is 2.90 bits per heavy atom. The molecule has 1 fully saturated rings. The maximum atomic E-state index is 12.7. The van der Waals surface area contributed by atoms with Gasteiger partial charge >= 0.3 is 6.18 Å². The SMILES string of the molecule is FC(F)(F)C1CCCN(CCCc2nc(CCl)cs2)C1. The molecule has 1 unspecified atom stereocenters. The van der Waals surface area contributed by atoms with Gasteiger partial charge in [0, 0.05) is 18.3 Å². The number of rotatable bonds is 5. The summed E-state index contributed by atoms with van der Waals surface area (Å²) in [5.74, 6) is -0.741. The number of aryl methyl sites for hydroxylation is 1. The summed E-state index contributed by atoms with van der Waals surface area (Å²) in [5.41, 5.74) is 0.877. The van der Waals surface area contributed by atoms with E-state index in [0.29, 0.717) is 18.8 Å². The van der Waals surface area contributed by atoms with Gasteiger partial charge in [-0.1, -0.05) is 0 Å². The Hall–Kier alpha value is -0.330. The molecule has 114 valence electrons. The summed E-state index contributed by atoms with van der Waals surface area (Å²) in [4.78, 5) is 6.28. The zero-order valence-electron chi connectivity index (χ0n) is 11.1. The van der Waals surface area contributed by atoms with Crippen molar-refractivity contribution in [1.29, 1.82) is 0 Å². The van der Waals surface area contributed by atoms with Crippen LogP contribution in [-0.4, -0.2) is 35.7 Å². The molecule has 0 bridgehead atoms. The van der Waals surface area contributed by atoms with E-state index in [-0.39, 0.29) is 13.0 Å². The molecule has 0 radical (unpaired) electrons. The molecule has 0 amide bonds. The molecule has 2 nitrogen and oxygen atoms in total. The van der Waals surface area contributed by atoms with Crippen LogP contribution in [0.4, 0.5) is 13.2 Å². The standard InChI is InChI=1S/C13H18ClF3N2S/c14-7-11-9-20-12(18-11)4-2-6-19-5-1-3-10(8-19)13(15,16)17/h9-10H,1-8H2. The first-order valence-electron chi connectivity index (χ1n) is 6.77. The summed E-state index contributed by atoms with van der Waals surface area (Å²) in [6, 6.07) is 0. The smallest absolute Gasteiger partial charge is 0.303 e. The number of likely N-dealkylation sites (tertiary alicyclic amines) is 1. The van der Waals surface area contributed by atoms with E-state index in [1.54, 1.807) is 11.3 Å². The molecule has 2 rings (SSSR count). The second-order valence-corrected chi connectivity index (χ2v) is 6.36. The van der Waals surface area contributed by atoms with Crippen molar-refractivity contribution in [2.75, 3.05) is 19.6 Å². The molecular formula is C13H18ClF3N2S. The minimum atomic E-state index is -4.05. The van der Waals surface area contributed by atoms with Crippen molar-refractivity contribution in [2.24, 2.45) is 5.92 Å². The normalized spacial score (nSPS) is 21.3. The highest BCUT2D eigenvalue weighted by atomic mass is 35.5. The van der Waals surface area contributed by atoms with Crippen molar-refractivity contribution >= 4 is 22.9 Å². The van der Waals surface area contributed by atoms with E-state index < -0.39 is 12.1 Å². The minimum Gasteiger partial charge on any atom is -0.303 e. The van der Waals surface area contributed by atoms with Gasteiger partial charge in [0.1, 0.15) is 0 Å². The molecule has 1 atom stereocenters. The Kier molecular flexibility index (Phi) is 5.69. The van der Waals surface area contributed by atoms with E-state index >= 15 is 0 Å². The molecule has 0 N–H and O–H groups in total. The van der Waals surface area contributed by atoms with Gasteiger partial charge in [-0.2, -0.15) is 13.2 Å². The van der Waals surface area contributed by atoms with Crippen molar-refractivity contribution in [3.05, 3.63) is 16.1 Å². The van der Waals surface area contributed by atoms with Gasteiger partial charge in [0.2, 0.25) is 0 Å². The van der Waals surface area contributed by atoms with E-state index in [4.69, 9.17) is 11.6 Å². The Bertz CT molecular complexity index is 422. The van der Waals surface area contributed by atoms with Gasteiger partial charge in [0.15, 0.2) is 0 Å². The van der Waals surface area contributed by atoms with Crippen LogP contribution in [0.25, 0.3) is 0 Å². The summed E-state index contributed by atoms with van der Waals surface area (Å²) in [6.45, 7) is 1.63. The quantitative estimate of drug-likeness (QED) is 0.758. The molecule has 2 heterocycles. The second kappa shape index (κ2) is 7.09. The van der Waals surface area contributed by atoms with Gasteiger partial charge in [-0.3, -0.25) is 0 Å². The number of piperidine rings is 1. The van der Waals surface area contributed by atoms with Crippen molar-refractivity contribution in [1.82, 2.24) is 9.88 Å². The maximum absolute atomic E-state index is 12.7. The largest absolute Gasteiger partial charge is 0.393 e. The lowest BCUT2D eigenvalue weighted by Gasteiger charge is -2.33. The van der Waals surface area contributed by atoms with Crippen LogP contribution in [0.2, 0.25) is 0 Å². The molecule has 1 saturated heterocycles. The van der Waals surface area contributed by atoms with Crippen LogP contribution in [0.15, 0.2) is 5.38 Å². The summed E-state index contributed by atoms with van der Waals surface area (Å²) in [7, 11) is 0. The fourth-order valence-electron chi connectivity index (χ4n) is 2.50. The summed E-state index contributed by atoms with van der Waals surface area (Å²) in [5, 5.41) is 2.95. The predicted molar refractivity (Wildman–Crippen MR) is 75.2 cm³/mol. The number of halogens is 4. The lowest BCUT2D eigenvalue weighted by molar-refractivity contribution is -0.186. The topological polar surface area (TPSA) is 16.1 Å². The minimum absolute atomic E-state index is 0.147. The Labute approximate surface area is 125 Å². The molecule has 0 aromatic carbocycles. The molecule has 0 spiro atoms. The third kappa shape index (κ3) is 4.60. The molecule has 1 aliphatic rings. The molecule has 1 aliphatic heterocycles. The molecule has 1 aromatic rings. The zero-order chi connectivity index (χ0) is 14.6. The molecule has 7 heteroatoms. The van der Waals surface area contributed by atoms with Crippen LogP contribution >= 0.6 is 22.9 Å². The van der Waals surface area contributed by atoms with Crippen LogP contribution in [0.1, 0.15) is 30.0 Å². The summed E-state index contributed by atoms with van der Waals surface area (Å²) < 4.78 is 38.1. The Balaban J connectivity index is 1.73. The fraction of sp³-hybridized carbons (Fsp3) is 0.769. The number of alkyl halides is 4. The van der Waals surface area contributed by atoms with Gasteiger partial charge < -0.3 is 4.90 Å². The van der Waals surface area contributed by atoms with Crippen LogP contribution in [0.3, 0.4) is 0 Å². The van der Waals surface area contributed by atoms with E-state index in [1.807, 2.05) is 10.3 Å². The van der Waals surface area contributed by atoms with E-state index in [1.165, 1.54) is 0 Å². The summed E-state index contributed by atoms with van der Waals surface area (Å²) in [6.07, 6.45) is -1.48. The van der Waals surface area contributed by atoms with Crippen LogP contribution in [0.5, 0.6) is 0 Å². The highest BCUT2D eigenvalue weighted by Crippen LogP contribution is 2.33. The zero-order valence-corrected chi connectivity index (χ0v) is 12.7. The van der Waals surface area contributed by atoms with Gasteiger partial charge in [0.25, 0.3) is 0 Å². The van der Waals surface area contributed by atoms with Crippen LogP contribution < -0.4 is 0 Å². The van der Waals surface area contributed by atoms with Crippen LogP contribution in [-0.2, 0) is 12.3 Å². The van der Waals surface area contributed by atoms with E-state index in [9.17, 15) is 13.2 Å². The molecular weight excluding hydrogens is 309 g/mol. The van der Waals surface area contributed by atoms with Crippen LogP contribution in [0, 0.1) is 5.92 Å². The van der Waals surface area contributed by atoms with E-state index in [0.717, 1.165) is 30.1 Å². The van der Waals surface area contributed by atoms with Gasteiger partial charge in [0.05, 0.1) is 22.5 Å². The summed E-state index contributed by atoms with van der Waals surface area (Å²) >= 11 is 7.26. The third-order valence-corrected chi connectivity index (χ3v) is 4.80. The Morgan fingerprint density at radius 1 is 1.45 bits per heavy atom. The van der Waals surface area contributed by atoms with Gasteiger partial charge in [-0.15, -0.1) is 22.9 Å². The number of nitrogens with zero attached hydrogens (tertiary/aromatic N) is 2. The maximum Gasteiger partial charge on any atom is 0.393 e. The third-order valence-electron chi connectivity index (χ3n) is 3.57. The fourth-order valence-corrected chi connectivity index (χ4v) is 3.57. The number of hydrogen-bond donors (Lipinski definition) is 0. The number of thiazole rings is 1. The molecule has 20 heavy (non-hydrogen) atoms. The molecule has 0 aliphatic carbocycles. The lowest BCUT2D eigenvalue weighted by atomic mass is 9.97. The van der Waals surface area contributed by atoms with Gasteiger partial charge in [-0.25, -0.2) is 4.98 Å². The van der Waals surface area contributed by atoms with Crippen molar-refractivity contribution in [2.45, 2.75) is 37.7 Å². The molecule has 0 saturated carbocycles. The van der Waals surface area contributed by atoms with Gasteiger partial charge in [-0.05, 0) is 32.4 Å². The van der Waals surface area contributed by atoms with Crippen molar-refractivity contribution in [3.8, 4) is 0 Å². The average molecular weight is 327 g/mol. The first-order chi connectivity index (χ1) is 9.49. The first kappa shape index (κ1) is 16.0. The van der Waals surface area contributed by atoms with Crippen molar-refractivity contribution < 1.29 is 13.2 Å². The lowest BCUT2D eigenvalue weighted by Crippen LogP contribution is -2.42.